The van der Waals surface area contributed by atoms with Gasteiger partial charge >= 0.3 is 5.97 Å². The number of carbonyl (C=O) groups is 1. The summed E-state index contributed by atoms with van der Waals surface area (Å²) in [6, 6.07) is -0.448. The summed E-state index contributed by atoms with van der Waals surface area (Å²) in [6.45, 7) is 16.5. The number of cyclic esters (lactones) is 1. The molecule has 5 saturated heterocycles. The number of rotatable bonds is 1. The number of ether oxygens (including phenoxy) is 6. The van der Waals surface area contributed by atoms with Crippen molar-refractivity contribution in [2.75, 3.05) is 13.2 Å². The van der Waals surface area contributed by atoms with Gasteiger partial charge in [-0.2, -0.15) is 0 Å². The maximum atomic E-state index is 13.9. The lowest BCUT2D eigenvalue weighted by Crippen LogP contribution is -2.59. The third-order valence-corrected chi connectivity index (χ3v) is 11.6. The summed E-state index contributed by atoms with van der Waals surface area (Å²) in [6.07, 6.45) is -1.84. The van der Waals surface area contributed by atoms with Gasteiger partial charge in [0.25, 0.3) is 0 Å². The van der Waals surface area contributed by atoms with E-state index in [9.17, 15) is 20.1 Å². The highest BCUT2D eigenvalue weighted by molar-refractivity contribution is 5.73. The monoisotopic (exact) mass is 641 g/mol. The van der Waals surface area contributed by atoms with Crippen LogP contribution in [0, 0.1) is 29.6 Å². The number of aliphatic hydroxyl groups is 3. The maximum absolute atomic E-state index is 13.9. The van der Waals surface area contributed by atoms with Gasteiger partial charge in [-0.25, -0.2) is 0 Å². The van der Waals surface area contributed by atoms with Gasteiger partial charge in [-0.15, -0.1) is 0 Å². The van der Waals surface area contributed by atoms with Crippen molar-refractivity contribution in [2.45, 2.75) is 166 Å². The van der Waals surface area contributed by atoms with Crippen LogP contribution in [0.3, 0.4) is 0 Å². The Hall–Kier alpha value is -0.890. The minimum Gasteiger partial charge on any atom is -0.459 e. The minimum atomic E-state index is -1.68. The summed E-state index contributed by atoms with van der Waals surface area (Å²) >= 11 is 0. The molecular formula is C34H59NO10. The standard InChI is InChI=1S/C34H59NO10/c1-9-26-33(8,39)30(37)21(6)35-15-17(2)12-18(3)28-19(4)29(20(5)31(38)43-26)44-27-14-23(34(16-40-34)22(7)41-27)13-24-10-11-25(36)32(42-24)45-28/h17-30,32,35-37,39H,9-16H2,1-8H3/t17?,18?,19-,20?,21-,22?,23?,24+,25?,26?,27?,28?,29?,30?,32?,33-,34+/m1/s1. The van der Waals surface area contributed by atoms with Crippen LogP contribution < -0.4 is 5.32 Å². The molecule has 6 bridgehead atoms. The molecule has 5 rings (SSSR count). The van der Waals surface area contributed by atoms with Gasteiger partial charge in [0.2, 0.25) is 0 Å². The van der Waals surface area contributed by atoms with E-state index in [0.717, 1.165) is 19.3 Å². The van der Waals surface area contributed by atoms with Gasteiger partial charge in [-0.3, -0.25) is 4.79 Å². The molecule has 12 unspecified atom stereocenters. The Bertz CT molecular complexity index is 1010. The fraction of sp³-hybridized carbons (Fsp3) is 0.971. The minimum absolute atomic E-state index is 0.00386. The van der Waals surface area contributed by atoms with Crippen molar-refractivity contribution in [1.29, 1.82) is 0 Å². The molecule has 11 heteroatoms. The Kier molecular flexibility index (Phi) is 11.0. The van der Waals surface area contributed by atoms with Crippen LogP contribution in [-0.2, 0) is 33.2 Å². The van der Waals surface area contributed by atoms with E-state index in [0.29, 0.717) is 32.4 Å². The molecule has 45 heavy (non-hydrogen) atoms. The number of epoxide rings is 1. The first kappa shape index (κ1) is 35.4. The molecule has 0 aromatic rings. The molecule has 5 aliphatic rings. The topological polar surface area (TPSA) is 148 Å². The Labute approximate surface area is 269 Å². The average Bonchev–Trinajstić information content (AvgIpc) is 3.79. The Morgan fingerprint density at radius 2 is 1.64 bits per heavy atom. The third-order valence-electron chi connectivity index (χ3n) is 11.6. The lowest BCUT2D eigenvalue weighted by atomic mass is 9.78. The number of carbonyl (C=O) groups excluding carboxylic acids is 1. The first-order chi connectivity index (χ1) is 21.2. The molecule has 1 spiro atoms. The predicted octanol–water partition coefficient (Wildman–Crippen LogP) is 2.91. The van der Waals surface area contributed by atoms with Crippen molar-refractivity contribution in [3.63, 3.8) is 0 Å². The van der Waals surface area contributed by atoms with Gasteiger partial charge < -0.3 is 49.1 Å². The van der Waals surface area contributed by atoms with Gasteiger partial charge in [0.15, 0.2) is 12.6 Å². The van der Waals surface area contributed by atoms with E-state index in [1.165, 1.54) is 6.92 Å². The van der Waals surface area contributed by atoms with Gasteiger partial charge in [0.1, 0.15) is 29.5 Å². The van der Waals surface area contributed by atoms with Crippen molar-refractivity contribution in [3.8, 4) is 0 Å². The molecule has 260 valence electrons. The lowest BCUT2D eigenvalue weighted by molar-refractivity contribution is -0.302. The van der Waals surface area contributed by atoms with E-state index in [2.05, 4.69) is 19.2 Å². The van der Waals surface area contributed by atoms with E-state index in [-0.39, 0.29) is 41.5 Å². The SMILES string of the molecule is CCC1OC(=O)C(C)C2OC3CC(C[C@@H]4CCC(O)C(OC(C(C)CC(C)CN[C@H](C)C(O)[C@]1(C)O)[C@H]2C)O4)[C@]1(CO1)C(C)O3. The van der Waals surface area contributed by atoms with Crippen LogP contribution in [0.15, 0.2) is 0 Å². The number of aliphatic hydroxyl groups excluding tert-OH is 2. The van der Waals surface area contributed by atoms with Gasteiger partial charge in [-0.05, 0) is 78.2 Å². The van der Waals surface area contributed by atoms with Crippen molar-refractivity contribution < 1.29 is 48.5 Å². The second kappa shape index (κ2) is 13.9. The van der Waals surface area contributed by atoms with E-state index in [4.69, 9.17) is 28.4 Å². The fourth-order valence-corrected chi connectivity index (χ4v) is 8.59. The molecule has 5 heterocycles. The summed E-state index contributed by atoms with van der Waals surface area (Å²) in [5.74, 6) is -1.27. The van der Waals surface area contributed by atoms with Crippen LogP contribution >= 0.6 is 0 Å². The highest BCUT2D eigenvalue weighted by atomic mass is 16.7. The summed E-state index contributed by atoms with van der Waals surface area (Å²) in [5.41, 5.74) is -2.06. The molecule has 0 aromatic heterocycles. The Morgan fingerprint density at radius 1 is 0.933 bits per heavy atom. The normalized spacial score (nSPS) is 53.7. The first-order valence-corrected chi connectivity index (χ1v) is 17.5. The molecule has 0 amide bonds. The molecule has 0 saturated carbocycles. The maximum Gasteiger partial charge on any atom is 0.311 e. The van der Waals surface area contributed by atoms with Crippen molar-refractivity contribution in [2.24, 2.45) is 29.6 Å². The summed E-state index contributed by atoms with van der Waals surface area (Å²) in [5, 5.41) is 37.2. The highest BCUT2D eigenvalue weighted by Crippen LogP contribution is 2.50. The zero-order valence-corrected chi connectivity index (χ0v) is 28.5. The first-order valence-electron chi connectivity index (χ1n) is 17.5. The molecule has 11 nitrogen and oxygen atoms in total. The summed E-state index contributed by atoms with van der Waals surface area (Å²) in [4.78, 5) is 13.9. The molecule has 4 N–H and O–H groups in total. The van der Waals surface area contributed by atoms with Gasteiger partial charge in [0.05, 0.1) is 36.9 Å². The molecule has 5 aliphatic heterocycles. The van der Waals surface area contributed by atoms with Crippen LogP contribution in [-0.4, -0.2) is 107 Å². The fourth-order valence-electron chi connectivity index (χ4n) is 8.59. The number of hydrogen-bond donors (Lipinski definition) is 4. The number of hydrogen-bond acceptors (Lipinski definition) is 11. The number of nitrogens with one attached hydrogen (secondary N) is 1. The third kappa shape index (κ3) is 7.27. The van der Waals surface area contributed by atoms with Crippen LogP contribution in [0.5, 0.6) is 0 Å². The summed E-state index contributed by atoms with van der Waals surface area (Å²) in [7, 11) is 0. The smallest absolute Gasteiger partial charge is 0.311 e. The molecule has 0 aliphatic carbocycles. The quantitative estimate of drug-likeness (QED) is 0.247. The van der Waals surface area contributed by atoms with Crippen LogP contribution in [0.4, 0.5) is 0 Å². The zero-order chi connectivity index (χ0) is 32.8. The number of fused-ring (bicyclic) bond motifs is 7. The number of esters is 1. The van der Waals surface area contributed by atoms with Crippen LogP contribution in [0.2, 0.25) is 0 Å². The molecule has 5 fully saturated rings. The van der Waals surface area contributed by atoms with Gasteiger partial charge in [0, 0.05) is 24.3 Å². The molecular weight excluding hydrogens is 582 g/mol. The molecule has 17 atom stereocenters. The predicted molar refractivity (Wildman–Crippen MR) is 165 cm³/mol. The van der Waals surface area contributed by atoms with Crippen LogP contribution in [0.1, 0.15) is 93.9 Å². The van der Waals surface area contributed by atoms with E-state index in [1.807, 2.05) is 27.7 Å². The average molecular weight is 642 g/mol. The van der Waals surface area contributed by atoms with Crippen LogP contribution in [0.25, 0.3) is 0 Å². The second-order valence-corrected chi connectivity index (χ2v) is 15.3. The van der Waals surface area contributed by atoms with Crippen molar-refractivity contribution in [3.05, 3.63) is 0 Å². The van der Waals surface area contributed by atoms with Gasteiger partial charge in [-0.1, -0.05) is 27.7 Å². The zero-order valence-electron chi connectivity index (χ0n) is 28.5. The lowest BCUT2D eigenvalue weighted by Gasteiger charge is -2.47. The van der Waals surface area contributed by atoms with E-state index < -0.39 is 66.6 Å². The van der Waals surface area contributed by atoms with E-state index in [1.54, 1.807) is 6.92 Å². The highest BCUT2D eigenvalue weighted by Gasteiger charge is 2.61. The van der Waals surface area contributed by atoms with Crippen molar-refractivity contribution >= 4 is 5.97 Å². The molecule has 0 radical (unpaired) electrons. The Morgan fingerprint density at radius 3 is 2.31 bits per heavy atom. The largest absolute Gasteiger partial charge is 0.459 e. The summed E-state index contributed by atoms with van der Waals surface area (Å²) < 4.78 is 38.6. The second-order valence-electron chi connectivity index (χ2n) is 15.3. The molecule has 0 aromatic carbocycles. The van der Waals surface area contributed by atoms with Crippen molar-refractivity contribution in [1.82, 2.24) is 5.32 Å². The van der Waals surface area contributed by atoms with E-state index >= 15 is 0 Å². The Balaban J connectivity index is 1.53.